The summed E-state index contributed by atoms with van der Waals surface area (Å²) in [6.45, 7) is 2.00. The van der Waals surface area contributed by atoms with E-state index < -0.39 is 0 Å². The van der Waals surface area contributed by atoms with E-state index in [1.165, 1.54) is 17.8 Å². The Balaban J connectivity index is 2.02. The molecule has 88 valence electrons. The van der Waals surface area contributed by atoms with Crippen LogP contribution in [0.5, 0.6) is 0 Å². The third-order valence-electron chi connectivity index (χ3n) is 2.83. The Labute approximate surface area is 116 Å². The second-order valence-electron chi connectivity index (χ2n) is 4.09. The fourth-order valence-corrected chi connectivity index (χ4v) is 4.05. The Morgan fingerprint density at radius 2 is 2.31 bits per heavy atom. The van der Waals surface area contributed by atoms with Gasteiger partial charge in [-0.1, -0.05) is 22.4 Å². The number of carbonyl (C=O) groups is 1. The van der Waals surface area contributed by atoms with Crippen LogP contribution in [0.25, 0.3) is 0 Å². The van der Waals surface area contributed by atoms with Gasteiger partial charge in [0.05, 0.1) is 8.66 Å². The molecule has 1 heterocycles. The molecule has 5 heteroatoms. The lowest BCUT2D eigenvalue weighted by Gasteiger charge is -2.15. The monoisotopic (exact) mass is 365 g/mol. The second kappa shape index (κ2) is 5.19. The van der Waals surface area contributed by atoms with Crippen molar-refractivity contribution in [2.75, 3.05) is 0 Å². The molecular weight excluding hydrogens is 354 g/mol. The molecule has 1 N–H and O–H groups in total. The average molecular weight is 367 g/mol. The van der Waals surface area contributed by atoms with Gasteiger partial charge in [-0.2, -0.15) is 0 Å². The summed E-state index contributed by atoms with van der Waals surface area (Å²) in [5.74, 6) is 0.0511. The highest BCUT2D eigenvalue weighted by Crippen LogP contribution is 2.29. The molecule has 1 aliphatic carbocycles. The van der Waals surface area contributed by atoms with Gasteiger partial charge >= 0.3 is 0 Å². The first kappa shape index (κ1) is 12.6. The summed E-state index contributed by atoms with van der Waals surface area (Å²) < 4.78 is 1.04. The third kappa shape index (κ3) is 2.68. The number of halogens is 2. The normalized spacial score (nSPS) is 24.7. The molecule has 2 atom stereocenters. The van der Waals surface area contributed by atoms with E-state index in [1.807, 2.05) is 13.0 Å². The van der Waals surface area contributed by atoms with Crippen molar-refractivity contribution in [2.45, 2.75) is 37.1 Å². The molecular formula is C11H13Br2NOS. The van der Waals surface area contributed by atoms with Crippen molar-refractivity contribution in [1.82, 2.24) is 5.32 Å². The summed E-state index contributed by atoms with van der Waals surface area (Å²) in [5.41, 5.74) is 1.12. The molecule has 1 saturated carbocycles. The molecule has 2 rings (SSSR count). The first-order valence-electron chi connectivity index (χ1n) is 5.29. The third-order valence-corrected chi connectivity index (χ3v) is 6.06. The standard InChI is InChI=1S/C11H13Br2NOS/c1-6-5-9(16-10(6)13)11(15)14-8-4-2-3-7(8)12/h5,7-8H,2-4H2,1H3,(H,14,15). The lowest BCUT2D eigenvalue weighted by Crippen LogP contribution is -2.37. The summed E-state index contributed by atoms with van der Waals surface area (Å²) in [7, 11) is 0. The van der Waals surface area contributed by atoms with Gasteiger partial charge in [-0.15, -0.1) is 11.3 Å². The zero-order chi connectivity index (χ0) is 11.7. The van der Waals surface area contributed by atoms with Crippen molar-refractivity contribution >= 4 is 49.1 Å². The van der Waals surface area contributed by atoms with Crippen LogP contribution in [-0.4, -0.2) is 16.8 Å². The van der Waals surface area contributed by atoms with Crippen LogP contribution in [-0.2, 0) is 0 Å². The topological polar surface area (TPSA) is 29.1 Å². The van der Waals surface area contributed by atoms with E-state index in [0.717, 1.165) is 27.1 Å². The number of hydrogen-bond acceptors (Lipinski definition) is 2. The lowest BCUT2D eigenvalue weighted by molar-refractivity contribution is 0.0943. The van der Waals surface area contributed by atoms with Crippen LogP contribution >= 0.6 is 43.2 Å². The van der Waals surface area contributed by atoms with Crippen LogP contribution in [0.15, 0.2) is 9.85 Å². The lowest BCUT2D eigenvalue weighted by atomic mass is 10.2. The molecule has 0 bridgehead atoms. The van der Waals surface area contributed by atoms with E-state index in [1.54, 1.807) is 0 Å². The number of aryl methyl sites for hydroxylation is 1. The molecule has 1 amide bonds. The van der Waals surface area contributed by atoms with Crippen LogP contribution in [0.2, 0.25) is 0 Å². The average Bonchev–Trinajstić information content (AvgIpc) is 2.76. The maximum absolute atomic E-state index is 12.0. The predicted molar refractivity (Wildman–Crippen MR) is 74.6 cm³/mol. The molecule has 2 nitrogen and oxygen atoms in total. The fraction of sp³-hybridized carbons (Fsp3) is 0.545. The van der Waals surface area contributed by atoms with Gasteiger partial charge in [0.2, 0.25) is 0 Å². The number of nitrogens with one attached hydrogen (secondary N) is 1. The van der Waals surface area contributed by atoms with Gasteiger partial charge in [-0.3, -0.25) is 4.79 Å². The largest absolute Gasteiger partial charge is 0.347 e. The molecule has 0 aromatic carbocycles. The molecule has 1 fully saturated rings. The Morgan fingerprint density at radius 3 is 2.81 bits per heavy atom. The number of alkyl halides is 1. The summed E-state index contributed by atoms with van der Waals surface area (Å²) >= 11 is 8.54. The van der Waals surface area contributed by atoms with Gasteiger partial charge in [0.25, 0.3) is 5.91 Å². The van der Waals surface area contributed by atoms with E-state index in [0.29, 0.717) is 4.83 Å². The van der Waals surface area contributed by atoms with Crippen molar-refractivity contribution in [3.63, 3.8) is 0 Å². The van der Waals surface area contributed by atoms with Gasteiger partial charge in [-0.25, -0.2) is 0 Å². The molecule has 0 aliphatic heterocycles. The molecule has 0 radical (unpaired) electrons. The number of hydrogen-bond donors (Lipinski definition) is 1. The quantitative estimate of drug-likeness (QED) is 0.791. The van der Waals surface area contributed by atoms with E-state index in [2.05, 4.69) is 37.2 Å². The van der Waals surface area contributed by atoms with Crippen molar-refractivity contribution in [2.24, 2.45) is 0 Å². The van der Waals surface area contributed by atoms with E-state index in [4.69, 9.17) is 0 Å². The number of thiophene rings is 1. The maximum Gasteiger partial charge on any atom is 0.261 e. The molecule has 1 aromatic heterocycles. The molecule has 1 aromatic rings. The molecule has 16 heavy (non-hydrogen) atoms. The zero-order valence-electron chi connectivity index (χ0n) is 8.93. The van der Waals surface area contributed by atoms with Gasteiger partial charge in [0, 0.05) is 10.9 Å². The first-order chi connectivity index (χ1) is 7.58. The van der Waals surface area contributed by atoms with Crippen LogP contribution < -0.4 is 5.32 Å². The number of rotatable bonds is 2. The Kier molecular flexibility index (Phi) is 4.08. The minimum Gasteiger partial charge on any atom is -0.347 e. The Hall–Kier alpha value is 0.130. The number of amides is 1. The highest BCUT2D eigenvalue weighted by atomic mass is 79.9. The van der Waals surface area contributed by atoms with E-state index >= 15 is 0 Å². The molecule has 0 saturated heterocycles. The smallest absolute Gasteiger partial charge is 0.261 e. The summed E-state index contributed by atoms with van der Waals surface area (Å²) in [6.07, 6.45) is 3.42. The van der Waals surface area contributed by atoms with E-state index in [9.17, 15) is 4.79 Å². The highest BCUT2D eigenvalue weighted by molar-refractivity contribution is 9.11. The van der Waals surface area contributed by atoms with Crippen molar-refractivity contribution in [1.29, 1.82) is 0 Å². The summed E-state index contributed by atoms with van der Waals surface area (Å²) in [6, 6.07) is 2.22. The fourth-order valence-electron chi connectivity index (χ4n) is 1.89. The number of carbonyl (C=O) groups excluding carboxylic acids is 1. The van der Waals surface area contributed by atoms with Crippen molar-refractivity contribution in [3.8, 4) is 0 Å². The highest BCUT2D eigenvalue weighted by Gasteiger charge is 2.27. The van der Waals surface area contributed by atoms with Gasteiger partial charge < -0.3 is 5.32 Å². The second-order valence-corrected chi connectivity index (χ2v) is 7.64. The molecule has 2 unspecified atom stereocenters. The van der Waals surface area contributed by atoms with Gasteiger partial charge in [-0.05, 0) is 47.3 Å². The van der Waals surface area contributed by atoms with Crippen LogP contribution in [0, 0.1) is 6.92 Å². The summed E-state index contributed by atoms with van der Waals surface area (Å²) in [4.78, 5) is 13.2. The van der Waals surface area contributed by atoms with Crippen LogP contribution in [0.1, 0.15) is 34.5 Å². The molecule has 1 aliphatic rings. The Bertz CT molecular complexity index is 385. The zero-order valence-corrected chi connectivity index (χ0v) is 12.9. The van der Waals surface area contributed by atoms with Gasteiger partial charge in [0.15, 0.2) is 0 Å². The first-order valence-corrected chi connectivity index (χ1v) is 7.81. The van der Waals surface area contributed by atoms with Gasteiger partial charge in [0.1, 0.15) is 0 Å². The summed E-state index contributed by atoms with van der Waals surface area (Å²) in [5, 5.41) is 3.09. The van der Waals surface area contributed by atoms with Crippen molar-refractivity contribution < 1.29 is 4.79 Å². The maximum atomic E-state index is 12.0. The minimum absolute atomic E-state index is 0.0511. The Morgan fingerprint density at radius 1 is 1.56 bits per heavy atom. The minimum atomic E-state index is 0.0511. The van der Waals surface area contributed by atoms with Crippen molar-refractivity contribution in [3.05, 3.63) is 20.3 Å². The predicted octanol–water partition coefficient (Wildman–Crippen LogP) is 3.86. The molecule has 0 spiro atoms. The van der Waals surface area contributed by atoms with Crippen LogP contribution in [0.4, 0.5) is 0 Å². The van der Waals surface area contributed by atoms with E-state index in [-0.39, 0.29) is 11.9 Å². The SMILES string of the molecule is Cc1cc(C(=O)NC2CCCC2Br)sc1Br. The van der Waals surface area contributed by atoms with Crippen LogP contribution in [0.3, 0.4) is 0 Å².